The van der Waals surface area contributed by atoms with Gasteiger partial charge in [0.15, 0.2) is 6.10 Å². The topological polar surface area (TPSA) is 58.6 Å². The van der Waals surface area contributed by atoms with E-state index in [9.17, 15) is 4.79 Å². The highest BCUT2D eigenvalue weighted by atomic mass is 16.5. The average molecular weight is 338 g/mol. The van der Waals surface area contributed by atoms with Crippen molar-refractivity contribution >= 4 is 11.7 Å². The number of aromatic nitrogens is 2. The zero-order valence-electron chi connectivity index (χ0n) is 14.6. The maximum atomic E-state index is 12.8. The third kappa shape index (κ3) is 2.92. The van der Waals surface area contributed by atoms with Gasteiger partial charge in [0, 0.05) is 45.0 Å². The molecule has 2 aromatic rings. The van der Waals surface area contributed by atoms with Crippen LogP contribution in [0.25, 0.3) is 0 Å². The van der Waals surface area contributed by atoms with Gasteiger partial charge in [0.25, 0.3) is 5.91 Å². The van der Waals surface area contributed by atoms with E-state index in [1.165, 1.54) is 0 Å². The number of rotatable bonds is 2. The van der Waals surface area contributed by atoms with Gasteiger partial charge in [-0.25, -0.2) is 4.98 Å². The number of amides is 1. The van der Waals surface area contributed by atoms with Crippen LogP contribution in [0.3, 0.4) is 0 Å². The Hall–Kier alpha value is -2.63. The summed E-state index contributed by atoms with van der Waals surface area (Å²) < 4.78 is 5.96. The molecule has 4 rings (SSSR count). The van der Waals surface area contributed by atoms with Gasteiger partial charge in [-0.2, -0.15) is 0 Å². The number of hydrogen-bond acceptors (Lipinski definition) is 5. The molecule has 0 spiro atoms. The molecule has 1 atom stereocenters. The van der Waals surface area contributed by atoms with Gasteiger partial charge in [-0.15, -0.1) is 0 Å². The summed E-state index contributed by atoms with van der Waals surface area (Å²) in [5, 5.41) is 0. The molecule has 1 unspecified atom stereocenters. The second-order valence-corrected chi connectivity index (χ2v) is 6.65. The minimum atomic E-state index is -0.388. The lowest BCUT2D eigenvalue weighted by Gasteiger charge is -2.36. The summed E-state index contributed by atoms with van der Waals surface area (Å²) >= 11 is 0. The van der Waals surface area contributed by atoms with Crippen molar-refractivity contribution in [3.8, 4) is 5.75 Å². The third-order valence-electron chi connectivity index (χ3n) is 4.98. The summed E-state index contributed by atoms with van der Waals surface area (Å²) in [5.41, 5.74) is 3.15. The predicted molar refractivity (Wildman–Crippen MR) is 94.9 cm³/mol. The molecule has 0 saturated carbocycles. The van der Waals surface area contributed by atoms with Crippen molar-refractivity contribution in [1.82, 2.24) is 14.9 Å². The minimum absolute atomic E-state index is 0.0890. The number of carbonyl (C=O) groups is 1. The lowest BCUT2D eigenvalue weighted by Crippen LogP contribution is -2.52. The van der Waals surface area contributed by atoms with Crippen molar-refractivity contribution in [2.75, 3.05) is 31.1 Å². The fourth-order valence-electron chi connectivity index (χ4n) is 3.62. The molecule has 1 aromatic heterocycles. The minimum Gasteiger partial charge on any atom is -0.480 e. The normalized spacial score (nSPS) is 19.5. The van der Waals surface area contributed by atoms with E-state index in [1.807, 2.05) is 36.9 Å². The van der Waals surface area contributed by atoms with Crippen LogP contribution < -0.4 is 9.64 Å². The highest BCUT2D eigenvalue weighted by Gasteiger charge is 2.34. The second kappa shape index (κ2) is 6.35. The first-order chi connectivity index (χ1) is 12.1. The molecule has 25 heavy (non-hydrogen) atoms. The highest BCUT2D eigenvalue weighted by molar-refractivity contribution is 5.83. The molecule has 1 aromatic carbocycles. The first-order valence-electron chi connectivity index (χ1n) is 8.70. The average Bonchev–Trinajstić information content (AvgIpc) is 3.07. The molecule has 3 heterocycles. The van der Waals surface area contributed by atoms with Gasteiger partial charge in [-0.1, -0.05) is 18.2 Å². The van der Waals surface area contributed by atoms with E-state index in [0.29, 0.717) is 19.5 Å². The number of aryl methyl sites for hydroxylation is 2. The summed E-state index contributed by atoms with van der Waals surface area (Å²) in [7, 11) is 0. The number of nitrogens with zero attached hydrogens (tertiary/aromatic N) is 4. The first kappa shape index (κ1) is 15.9. The third-order valence-corrected chi connectivity index (χ3v) is 4.98. The van der Waals surface area contributed by atoms with Crippen LogP contribution in [0.5, 0.6) is 5.75 Å². The Balaban J connectivity index is 1.40. The fraction of sp³-hybridized carbons (Fsp3) is 0.421. The lowest BCUT2D eigenvalue weighted by atomic mass is 10.1. The molecule has 1 saturated heterocycles. The van der Waals surface area contributed by atoms with Crippen molar-refractivity contribution in [3.63, 3.8) is 0 Å². The maximum absolute atomic E-state index is 12.8. The van der Waals surface area contributed by atoms with Crippen molar-refractivity contribution in [2.24, 2.45) is 0 Å². The van der Waals surface area contributed by atoms with Crippen molar-refractivity contribution in [1.29, 1.82) is 0 Å². The Morgan fingerprint density at radius 3 is 2.60 bits per heavy atom. The molecule has 1 fully saturated rings. The first-order valence-corrected chi connectivity index (χ1v) is 8.70. The summed E-state index contributed by atoms with van der Waals surface area (Å²) in [5.74, 6) is 1.88. The van der Waals surface area contributed by atoms with E-state index in [-0.39, 0.29) is 12.0 Å². The molecule has 0 bridgehead atoms. The number of hydrogen-bond donors (Lipinski definition) is 0. The molecule has 1 amide bonds. The van der Waals surface area contributed by atoms with Gasteiger partial charge < -0.3 is 14.5 Å². The molecule has 6 heteroatoms. The van der Waals surface area contributed by atoms with E-state index in [2.05, 4.69) is 14.9 Å². The zero-order valence-corrected chi connectivity index (χ0v) is 14.6. The number of benzene rings is 1. The van der Waals surface area contributed by atoms with Crippen LogP contribution >= 0.6 is 0 Å². The summed E-state index contributed by atoms with van der Waals surface area (Å²) in [4.78, 5) is 25.7. The van der Waals surface area contributed by atoms with Gasteiger partial charge >= 0.3 is 0 Å². The Kier molecular flexibility index (Phi) is 4.03. The fourth-order valence-corrected chi connectivity index (χ4v) is 3.62. The number of para-hydroxylation sites is 1. The van der Waals surface area contributed by atoms with Crippen molar-refractivity contribution < 1.29 is 9.53 Å². The van der Waals surface area contributed by atoms with Crippen LogP contribution in [-0.2, 0) is 11.2 Å². The standard InChI is InChI=1S/C19H22N4O2/c1-13-4-3-5-15-12-16(25-17(13)15)19(24)23-10-8-22(9-11-23)18-14(2)20-6-7-21-18/h3-7,16H,8-12H2,1-2H3. The number of fused-ring (bicyclic) bond motifs is 1. The number of anilines is 1. The lowest BCUT2D eigenvalue weighted by molar-refractivity contribution is -0.138. The molecule has 130 valence electrons. The molecule has 0 aliphatic carbocycles. The van der Waals surface area contributed by atoms with Crippen LogP contribution in [-0.4, -0.2) is 53.1 Å². The van der Waals surface area contributed by atoms with Gasteiger partial charge in [-0.3, -0.25) is 9.78 Å². The monoisotopic (exact) mass is 338 g/mol. The molecular formula is C19H22N4O2. The quantitative estimate of drug-likeness (QED) is 0.835. The second-order valence-electron chi connectivity index (χ2n) is 6.65. The Morgan fingerprint density at radius 1 is 1.12 bits per heavy atom. The van der Waals surface area contributed by atoms with Gasteiger partial charge in [-0.05, 0) is 25.0 Å². The molecular weight excluding hydrogens is 316 g/mol. The van der Waals surface area contributed by atoms with Gasteiger partial charge in [0.2, 0.25) is 0 Å². The van der Waals surface area contributed by atoms with Crippen LogP contribution in [0.15, 0.2) is 30.6 Å². The van der Waals surface area contributed by atoms with Crippen LogP contribution in [0, 0.1) is 13.8 Å². The smallest absolute Gasteiger partial charge is 0.264 e. The van der Waals surface area contributed by atoms with Crippen LogP contribution in [0.1, 0.15) is 16.8 Å². The number of carbonyl (C=O) groups excluding carboxylic acids is 1. The van der Waals surface area contributed by atoms with E-state index >= 15 is 0 Å². The van der Waals surface area contributed by atoms with Crippen molar-refractivity contribution in [2.45, 2.75) is 26.4 Å². The molecule has 6 nitrogen and oxygen atoms in total. The Bertz CT molecular complexity index is 800. The van der Waals surface area contributed by atoms with E-state index in [0.717, 1.165) is 41.5 Å². The maximum Gasteiger partial charge on any atom is 0.264 e. The SMILES string of the molecule is Cc1cccc2c1OC(C(=O)N1CCN(c3nccnc3C)CC1)C2. The van der Waals surface area contributed by atoms with Gasteiger partial charge in [0.05, 0.1) is 5.69 Å². The number of ether oxygens (including phenoxy) is 1. The largest absolute Gasteiger partial charge is 0.480 e. The molecule has 0 radical (unpaired) electrons. The van der Waals surface area contributed by atoms with Crippen LogP contribution in [0.4, 0.5) is 5.82 Å². The molecule has 0 N–H and O–H groups in total. The predicted octanol–water partition coefficient (Wildman–Crippen LogP) is 1.75. The summed E-state index contributed by atoms with van der Waals surface area (Å²) in [6.45, 7) is 6.89. The Labute approximate surface area is 147 Å². The molecule has 2 aliphatic heterocycles. The summed E-state index contributed by atoms with van der Waals surface area (Å²) in [6, 6.07) is 6.09. The van der Waals surface area contributed by atoms with Crippen LogP contribution in [0.2, 0.25) is 0 Å². The van der Waals surface area contributed by atoms with Gasteiger partial charge in [0.1, 0.15) is 11.6 Å². The van der Waals surface area contributed by atoms with Crippen molar-refractivity contribution in [3.05, 3.63) is 47.4 Å². The van der Waals surface area contributed by atoms with E-state index < -0.39 is 0 Å². The highest BCUT2D eigenvalue weighted by Crippen LogP contribution is 2.32. The summed E-state index contributed by atoms with van der Waals surface area (Å²) in [6.07, 6.45) is 3.70. The molecule has 2 aliphatic rings. The van der Waals surface area contributed by atoms with E-state index in [1.54, 1.807) is 12.4 Å². The Morgan fingerprint density at radius 2 is 1.88 bits per heavy atom. The zero-order chi connectivity index (χ0) is 17.4. The number of piperazine rings is 1. The van der Waals surface area contributed by atoms with E-state index in [4.69, 9.17) is 4.74 Å².